The van der Waals surface area contributed by atoms with Gasteiger partial charge in [0.25, 0.3) is 0 Å². The summed E-state index contributed by atoms with van der Waals surface area (Å²) in [6.07, 6.45) is -28.9. The van der Waals surface area contributed by atoms with Crippen LogP contribution in [0.15, 0.2) is 91.0 Å². The van der Waals surface area contributed by atoms with E-state index in [1.165, 1.54) is 0 Å². The minimum atomic E-state index is -8.94. The second-order valence-electron chi connectivity index (χ2n) is 23.2. The van der Waals surface area contributed by atoms with Crippen LogP contribution in [0.5, 0.6) is 0 Å². The van der Waals surface area contributed by atoms with Crippen molar-refractivity contribution in [3.8, 4) is 0 Å². The lowest BCUT2D eigenvalue weighted by atomic mass is 9.85. The third-order valence-corrected chi connectivity index (χ3v) is 14.9. The standard InChI is InChI=1S/C56H35F50NO3/c1-32(57,36(62,63)39(68,69)42(74,75)45(80,81)48(86,87)51(92,93)54(98,99)100)17-14-26-2-8-29(9-3-26)20-108-23-33(107,24-109-21-30-10-4-27(5-11-30)15-18-34(58,59)37(64,65)40(70,71)43(76,77)46(82,83)49(88,89)52(94,95)55(101,102)103)25-110-22-31-12-6-28(7-13-31)16-19-35(60,61)38(66,67)41(72,73)44(78,79)47(84,85)50(90,91)53(96,97)56(104,105)106/h2-19H,20-25,107H2,1H3/b17-14+,18-15+,19-16+. The van der Waals surface area contributed by atoms with Crippen molar-refractivity contribution in [1.82, 2.24) is 0 Å². The van der Waals surface area contributed by atoms with Gasteiger partial charge in [0.2, 0.25) is 0 Å². The summed E-state index contributed by atoms with van der Waals surface area (Å²) in [4.78, 5) is 0. The van der Waals surface area contributed by atoms with Crippen LogP contribution in [0.25, 0.3) is 18.2 Å². The summed E-state index contributed by atoms with van der Waals surface area (Å²) in [6.45, 7) is -6.42. The Bertz CT molecular complexity index is 3310. The predicted molar refractivity (Wildman–Crippen MR) is 269 cm³/mol. The molecule has 0 bridgehead atoms. The van der Waals surface area contributed by atoms with Crippen molar-refractivity contribution in [2.24, 2.45) is 5.73 Å². The highest BCUT2D eigenvalue weighted by molar-refractivity contribution is 5.53. The van der Waals surface area contributed by atoms with Gasteiger partial charge in [0.05, 0.1) is 45.2 Å². The van der Waals surface area contributed by atoms with Crippen molar-refractivity contribution in [2.45, 2.75) is 175 Å². The first-order valence-corrected chi connectivity index (χ1v) is 27.5. The van der Waals surface area contributed by atoms with Crippen LogP contribution in [-0.4, -0.2) is 168 Å². The van der Waals surface area contributed by atoms with E-state index in [1.807, 2.05) is 0 Å². The Morgan fingerprint density at radius 2 is 0.391 bits per heavy atom. The van der Waals surface area contributed by atoms with Gasteiger partial charge in [0, 0.05) is 0 Å². The zero-order valence-electron chi connectivity index (χ0n) is 51.8. The first-order valence-electron chi connectivity index (χ1n) is 27.5. The quantitative estimate of drug-likeness (QED) is 0.0590. The fraction of sp³-hybridized carbons (Fsp3) is 0.571. The number of halogens is 50. The summed E-state index contributed by atoms with van der Waals surface area (Å²) in [5.41, 5.74) is -4.88. The summed E-state index contributed by atoms with van der Waals surface area (Å²) >= 11 is 0. The van der Waals surface area contributed by atoms with Crippen LogP contribution in [0.3, 0.4) is 0 Å². The minimum Gasteiger partial charge on any atom is -0.375 e. The van der Waals surface area contributed by atoms with Gasteiger partial charge in [-0.15, -0.1) is 0 Å². The summed E-state index contributed by atoms with van der Waals surface area (Å²) in [6, 6.07) is 7.34. The van der Waals surface area contributed by atoms with Crippen molar-refractivity contribution in [2.75, 3.05) is 19.8 Å². The second-order valence-corrected chi connectivity index (χ2v) is 23.2. The Kier molecular flexibility index (Phi) is 26.2. The molecule has 4 nitrogen and oxygen atoms in total. The zero-order chi connectivity index (χ0) is 87.1. The molecule has 0 fully saturated rings. The molecule has 0 saturated carbocycles. The molecule has 54 heteroatoms. The van der Waals surface area contributed by atoms with E-state index >= 15 is 4.39 Å². The monoisotopic (exact) mass is 1720 g/mol. The number of hydrogen-bond donors (Lipinski definition) is 1. The lowest BCUT2D eigenvalue weighted by molar-refractivity contribution is -0.459. The molecule has 3 aromatic carbocycles. The van der Waals surface area contributed by atoms with E-state index in [0.717, 1.165) is 12.1 Å². The van der Waals surface area contributed by atoms with E-state index < -0.39 is 242 Å². The first kappa shape index (κ1) is 97.4. The minimum absolute atomic E-state index is 0.0870. The molecule has 3 aromatic rings. The highest BCUT2D eigenvalue weighted by Gasteiger charge is 2.98. The van der Waals surface area contributed by atoms with Gasteiger partial charge in [0.15, 0.2) is 5.67 Å². The second kappa shape index (κ2) is 29.6. The molecule has 632 valence electrons. The molecule has 0 aliphatic heterocycles. The first-order chi connectivity index (χ1) is 48.2. The number of alkyl halides is 50. The third kappa shape index (κ3) is 16.1. The van der Waals surface area contributed by atoms with Crippen LogP contribution < -0.4 is 5.73 Å². The Morgan fingerprint density at radius 1 is 0.227 bits per heavy atom. The van der Waals surface area contributed by atoms with E-state index in [2.05, 4.69) is 0 Å². The maximum absolute atomic E-state index is 15.2. The summed E-state index contributed by atoms with van der Waals surface area (Å²) in [5, 5.41) is 0. The summed E-state index contributed by atoms with van der Waals surface area (Å²) < 4.78 is 704. The fourth-order valence-electron chi connectivity index (χ4n) is 8.01. The average Bonchev–Trinajstić information content (AvgIpc) is 0.705. The van der Waals surface area contributed by atoms with Gasteiger partial charge in [-0.3, -0.25) is 0 Å². The van der Waals surface area contributed by atoms with Gasteiger partial charge in [-0.2, -0.15) is 215 Å². The molecule has 110 heavy (non-hydrogen) atoms. The molecule has 1 atom stereocenters. The number of rotatable bonds is 36. The highest BCUT2D eigenvalue weighted by Crippen LogP contribution is 2.68. The van der Waals surface area contributed by atoms with Gasteiger partial charge in [-0.25, -0.2) is 4.39 Å². The Morgan fingerprint density at radius 3 is 0.582 bits per heavy atom. The van der Waals surface area contributed by atoms with Crippen molar-refractivity contribution >= 4 is 18.2 Å². The van der Waals surface area contributed by atoms with E-state index in [1.54, 1.807) is 0 Å². The van der Waals surface area contributed by atoms with Crippen molar-refractivity contribution in [3.63, 3.8) is 0 Å². The number of ether oxygens (including phenoxy) is 3. The molecule has 0 aliphatic rings. The van der Waals surface area contributed by atoms with Crippen LogP contribution in [-0.2, 0) is 34.0 Å². The molecule has 3 rings (SSSR count). The van der Waals surface area contributed by atoms with Crippen molar-refractivity contribution in [3.05, 3.63) is 124 Å². The summed E-state index contributed by atoms with van der Waals surface area (Å²) in [7, 11) is 0. The molecule has 1 unspecified atom stereocenters. The number of allylic oxidation sites excluding steroid dienone is 3. The maximum atomic E-state index is 15.2. The number of nitrogens with two attached hydrogens (primary N) is 1. The van der Waals surface area contributed by atoms with Gasteiger partial charge >= 0.3 is 137 Å². The largest absolute Gasteiger partial charge is 0.460 e. The van der Waals surface area contributed by atoms with Gasteiger partial charge in [-0.1, -0.05) is 91.0 Å². The summed E-state index contributed by atoms with van der Waals surface area (Å²) in [5.74, 6) is -168. The van der Waals surface area contributed by atoms with E-state index in [-0.39, 0.29) is 22.8 Å². The topological polar surface area (TPSA) is 53.7 Å². The zero-order valence-corrected chi connectivity index (χ0v) is 51.8. The molecule has 0 spiro atoms. The lowest BCUT2D eigenvalue weighted by Gasteiger charge is -2.43. The van der Waals surface area contributed by atoms with Crippen molar-refractivity contribution in [1.29, 1.82) is 0 Å². The third-order valence-electron chi connectivity index (χ3n) is 14.9. The van der Waals surface area contributed by atoms with Crippen LogP contribution in [0.2, 0.25) is 0 Å². The molecule has 0 aromatic heterocycles. The number of hydrogen-bond acceptors (Lipinski definition) is 4. The van der Waals surface area contributed by atoms with Crippen LogP contribution >= 0.6 is 0 Å². The van der Waals surface area contributed by atoms with Gasteiger partial charge in [0.1, 0.15) is 0 Å². The Labute approximate surface area is 576 Å². The Balaban J connectivity index is 1.96. The van der Waals surface area contributed by atoms with Crippen LogP contribution in [0.1, 0.15) is 40.3 Å². The molecule has 0 radical (unpaired) electrons. The van der Waals surface area contributed by atoms with Gasteiger partial charge < -0.3 is 19.9 Å². The van der Waals surface area contributed by atoms with E-state index in [0.29, 0.717) is 60.7 Å². The molecular formula is C56H35F50NO3. The van der Waals surface area contributed by atoms with E-state index in [9.17, 15) is 215 Å². The molecule has 0 heterocycles. The maximum Gasteiger partial charge on any atom is 0.460 e. The molecular weight excluding hydrogens is 1680 g/mol. The molecule has 2 N–H and O–H groups in total. The van der Waals surface area contributed by atoms with Crippen LogP contribution in [0.4, 0.5) is 220 Å². The normalized spacial score (nSPS) is 16.5. The molecule has 0 aliphatic carbocycles. The van der Waals surface area contributed by atoms with Crippen LogP contribution in [0, 0.1) is 0 Å². The SMILES string of the molecule is CC(F)(/C=C/c1ccc(COCC(N)(COCc2ccc(/C=C/C(F)(F)C(F)(F)C(F)(F)C(F)(F)C(F)(F)C(F)(F)C(F)(F)C(F)(F)F)cc2)COCc2ccc(/C=C/C(F)(F)C(F)(F)C(F)(F)C(F)(F)C(F)(F)C(F)(F)C(F)(F)C(F)(F)F)cc2)cc1)C(F)(F)C(F)(F)C(F)(F)C(F)(F)C(F)(F)C(F)(F)C(F)(F)F. The fourth-order valence-corrected chi connectivity index (χ4v) is 8.01. The molecule has 0 amide bonds. The predicted octanol–water partition coefficient (Wildman–Crippen LogP) is 22.5. The lowest BCUT2D eigenvalue weighted by Crippen LogP contribution is -2.74. The van der Waals surface area contributed by atoms with Crippen molar-refractivity contribution < 1.29 is 234 Å². The Hall–Kier alpha value is -6.78. The van der Waals surface area contributed by atoms with E-state index in [4.69, 9.17) is 19.9 Å². The smallest absolute Gasteiger partial charge is 0.375 e. The highest BCUT2D eigenvalue weighted by atomic mass is 19.5. The average molecular weight is 1720 g/mol. The van der Waals surface area contributed by atoms with Gasteiger partial charge in [-0.05, 0) is 58.5 Å². The molecule has 0 saturated heterocycles. The number of benzene rings is 3.